The number of hydrogen-bond donors (Lipinski definition) is 1. The first-order valence-corrected chi connectivity index (χ1v) is 7.27. The summed E-state index contributed by atoms with van der Waals surface area (Å²) in [6, 6.07) is 7.31. The van der Waals surface area contributed by atoms with E-state index in [1.807, 2.05) is 0 Å². The maximum atomic E-state index is 12.6. The normalized spacial score (nSPS) is 12.5. The molecule has 1 N–H and O–H groups in total. The fraction of sp³-hybridized carbons (Fsp3) is 0.0769. The van der Waals surface area contributed by atoms with Gasteiger partial charge in [0.25, 0.3) is 0 Å². The molecule has 0 amide bonds. The van der Waals surface area contributed by atoms with Crippen molar-refractivity contribution in [3.63, 3.8) is 0 Å². The van der Waals surface area contributed by atoms with Crippen LogP contribution < -0.4 is 0 Å². The number of hydrogen-bond acceptors (Lipinski definition) is 4. The Morgan fingerprint density at radius 3 is 2.32 bits per heavy atom. The van der Waals surface area contributed by atoms with E-state index < -0.39 is 11.7 Å². The molecule has 1 heterocycles. The van der Waals surface area contributed by atoms with Crippen molar-refractivity contribution in [1.82, 2.24) is 4.98 Å². The number of thioether (sulfide) groups is 1. The van der Waals surface area contributed by atoms with E-state index in [1.165, 1.54) is 0 Å². The fourth-order valence-electron chi connectivity index (χ4n) is 1.48. The van der Waals surface area contributed by atoms with E-state index in [-0.39, 0.29) is 15.8 Å². The van der Waals surface area contributed by atoms with Crippen LogP contribution in [0.1, 0.15) is 11.3 Å². The van der Waals surface area contributed by atoms with Crippen molar-refractivity contribution < 1.29 is 18.4 Å². The summed E-state index contributed by atoms with van der Waals surface area (Å²) < 4.78 is 37.7. The van der Waals surface area contributed by atoms with Crippen LogP contribution in [0, 0.1) is 0 Å². The van der Waals surface area contributed by atoms with E-state index in [4.69, 9.17) is 28.4 Å². The van der Waals surface area contributed by atoms with Gasteiger partial charge in [-0.2, -0.15) is 13.2 Å². The molecule has 0 saturated carbocycles. The van der Waals surface area contributed by atoms with Crippen LogP contribution in [0.3, 0.4) is 0 Å². The molecular formula is C13H7Cl2F3N2OS. The Kier molecular flexibility index (Phi) is 5.20. The van der Waals surface area contributed by atoms with E-state index in [2.05, 4.69) is 10.1 Å². The Hall–Kier alpha value is -1.44. The number of aromatic nitrogens is 1. The lowest BCUT2D eigenvalue weighted by Crippen LogP contribution is -2.08. The predicted octanol–water partition coefficient (Wildman–Crippen LogP) is 5.34. The van der Waals surface area contributed by atoms with Crippen LogP contribution in [0.2, 0.25) is 10.0 Å². The monoisotopic (exact) mass is 366 g/mol. The highest BCUT2D eigenvalue weighted by Crippen LogP contribution is 2.33. The second-order valence-corrected chi connectivity index (χ2v) is 5.92. The summed E-state index contributed by atoms with van der Waals surface area (Å²) in [5.41, 5.74) is -1.02. The quantitative estimate of drug-likeness (QED) is 0.256. The lowest BCUT2D eigenvalue weighted by atomic mass is 10.2. The van der Waals surface area contributed by atoms with Crippen molar-refractivity contribution in [3.8, 4) is 0 Å². The number of halogens is 5. The first-order chi connectivity index (χ1) is 10.3. The lowest BCUT2D eigenvalue weighted by molar-refractivity contribution is -0.137. The van der Waals surface area contributed by atoms with Crippen molar-refractivity contribution in [2.24, 2.45) is 5.16 Å². The zero-order valence-electron chi connectivity index (χ0n) is 10.6. The summed E-state index contributed by atoms with van der Waals surface area (Å²) in [5, 5.41) is 12.4. The summed E-state index contributed by atoms with van der Waals surface area (Å²) in [7, 11) is 0. The highest BCUT2D eigenvalue weighted by atomic mass is 35.5. The summed E-state index contributed by atoms with van der Waals surface area (Å²) in [6.45, 7) is 0. The van der Waals surface area contributed by atoms with Crippen molar-refractivity contribution in [3.05, 3.63) is 57.8 Å². The summed E-state index contributed by atoms with van der Waals surface area (Å²) in [4.78, 5) is 4.30. The Labute approximate surface area is 137 Å². The van der Waals surface area contributed by atoms with Gasteiger partial charge in [-0.05, 0) is 30.3 Å². The van der Waals surface area contributed by atoms with Crippen LogP contribution in [0.5, 0.6) is 0 Å². The first kappa shape index (κ1) is 16.9. The first-order valence-electron chi connectivity index (χ1n) is 5.70. The van der Waals surface area contributed by atoms with Gasteiger partial charge in [0.1, 0.15) is 5.69 Å². The van der Waals surface area contributed by atoms with Crippen molar-refractivity contribution >= 4 is 40.0 Å². The van der Waals surface area contributed by atoms with E-state index in [0.29, 0.717) is 16.1 Å². The van der Waals surface area contributed by atoms with Gasteiger partial charge in [0.2, 0.25) is 0 Å². The average Bonchev–Trinajstić information content (AvgIpc) is 2.46. The molecule has 22 heavy (non-hydrogen) atoms. The molecule has 1 aromatic heterocycles. The zero-order chi connectivity index (χ0) is 16.3. The zero-order valence-corrected chi connectivity index (χ0v) is 12.9. The maximum Gasteiger partial charge on any atom is 0.417 e. The van der Waals surface area contributed by atoms with Gasteiger partial charge in [-0.1, -0.05) is 40.1 Å². The molecule has 0 spiro atoms. The third-order valence-electron chi connectivity index (χ3n) is 2.49. The molecular weight excluding hydrogens is 360 g/mol. The van der Waals surface area contributed by atoms with Gasteiger partial charge in [0.05, 0.1) is 10.6 Å². The third-order valence-corrected chi connectivity index (χ3v) is 4.01. The molecule has 0 atom stereocenters. The Balaban J connectivity index is 2.30. The summed E-state index contributed by atoms with van der Waals surface area (Å²) >= 11 is 12.6. The highest BCUT2D eigenvalue weighted by Gasteiger charge is 2.32. The number of pyridine rings is 1. The van der Waals surface area contributed by atoms with Crippen LogP contribution in [-0.2, 0) is 6.18 Å². The molecule has 0 bridgehead atoms. The lowest BCUT2D eigenvalue weighted by Gasteiger charge is -2.09. The number of oxime groups is 1. The van der Waals surface area contributed by atoms with Gasteiger partial charge in [0, 0.05) is 16.1 Å². The molecule has 0 saturated heterocycles. The topological polar surface area (TPSA) is 45.5 Å². The Morgan fingerprint density at radius 1 is 1.18 bits per heavy atom. The minimum atomic E-state index is -4.55. The van der Waals surface area contributed by atoms with Crippen molar-refractivity contribution in [2.45, 2.75) is 11.1 Å². The summed E-state index contributed by atoms with van der Waals surface area (Å²) in [6.07, 6.45) is -3.91. The average molecular weight is 367 g/mol. The van der Waals surface area contributed by atoms with Gasteiger partial charge in [-0.15, -0.1) is 0 Å². The minimum absolute atomic E-state index is 0.0268. The smallest absolute Gasteiger partial charge is 0.410 e. The van der Waals surface area contributed by atoms with Gasteiger partial charge in [-0.25, -0.2) is 0 Å². The Morgan fingerprint density at radius 2 is 1.82 bits per heavy atom. The van der Waals surface area contributed by atoms with Crippen LogP contribution in [-0.4, -0.2) is 15.2 Å². The molecule has 0 aliphatic rings. The van der Waals surface area contributed by atoms with Crippen LogP contribution in [0.4, 0.5) is 13.2 Å². The van der Waals surface area contributed by atoms with E-state index in [0.717, 1.165) is 17.8 Å². The number of rotatable bonds is 2. The van der Waals surface area contributed by atoms with Crippen molar-refractivity contribution in [2.75, 3.05) is 0 Å². The van der Waals surface area contributed by atoms with Gasteiger partial charge >= 0.3 is 6.18 Å². The molecule has 0 unspecified atom stereocenters. The molecule has 9 heteroatoms. The highest BCUT2D eigenvalue weighted by molar-refractivity contribution is 8.14. The third kappa shape index (κ3) is 4.06. The van der Waals surface area contributed by atoms with E-state index in [9.17, 15) is 13.2 Å². The molecule has 2 aromatic rings. The van der Waals surface area contributed by atoms with Crippen LogP contribution in [0.15, 0.2) is 46.6 Å². The minimum Gasteiger partial charge on any atom is -0.410 e. The second kappa shape index (κ2) is 6.76. The van der Waals surface area contributed by atoms with Gasteiger partial charge in [-0.3, -0.25) is 4.98 Å². The van der Waals surface area contributed by atoms with Crippen LogP contribution >= 0.6 is 35.0 Å². The molecule has 0 aliphatic heterocycles. The van der Waals surface area contributed by atoms with Gasteiger partial charge < -0.3 is 5.21 Å². The van der Waals surface area contributed by atoms with Crippen molar-refractivity contribution in [1.29, 1.82) is 0 Å². The number of benzene rings is 1. The van der Waals surface area contributed by atoms with E-state index >= 15 is 0 Å². The Bertz CT molecular complexity index is 705. The van der Waals surface area contributed by atoms with E-state index in [1.54, 1.807) is 24.3 Å². The molecule has 2 rings (SSSR count). The molecule has 116 valence electrons. The number of nitrogens with zero attached hydrogens (tertiary/aromatic N) is 2. The molecule has 1 aromatic carbocycles. The summed E-state index contributed by atoms with van der Waals surface area (Å²) in [5.74, 6) is 0. The maximum absolute atomic E-state index is 12.6. The predicted molar refractivity (Wildman–Crippen MR) is 79.9 cm³/mol. The molecule has 0 aliphatic carbocycles. The fourth-order valence-corrected chi connectivity index (χ4v) is 2.71. The molecule has 0 fully saturated rings. The van der Waals surface area contributed by atoms with Gasteiger partial charge in [0.15, 0.2) is 5.04 Å². The molecule has 0 radical (unpaired) electrons. The SMILES string of the molecule is O/N=C(/Sc1ccc(Cl)cc1)c1ncc(C(F)(F)F)cc1Cl. The van der Waals surface area contributed by atoms with Crippen LogP contribution in [0.25, 0.3) is 0 Å². The standard InChI is InChI=1S/C13H7Cl2F3N2OS/c14-8-1-3-9(4-2-8)22-12(20-21)11-10(15)5-7(6-19-11)13(16,17)18/h1-6,21H/b20-12+. The molecule has 3 nitrogen and oxygen atoms in total. The second-order valence-electron chi connectivity index (χ2n) is 4.01. The number of alkyl halides is 3. The largest absolute Gasteiger partial charge is 0.417 e.